The van der Waals surface area contributed by atoms with Gasteiger partial charge in [-0.2, -0.15) is 0 Å². The molecule has 0 fully saturated rings. The molecule has 0 saturated carbocycles. The number of fused-ring (bicyclic) bond motifs is 1. The van der Waals surface area contributed by atoms with Crippen LogP contribution in [0.4, 0.5) is 0 Å². The van der Waals surface area contributed by atoms with E-state index in [2.05, 4.69) is 46.1 Å². The highest BCUT2D eigenvalue weighted by Crippen LogP contribution is 2.26. The molecule has 2 aromatic carbocycles. The van der Waals surface area contributed by atoms with Crippen LogP contribution in [0.3, 0.4) is 0 Å². The van der Waals surface area contributed by atoms with E-state index >= 15 is 0 Å². The number of H-pyrrole nitrogens is 1. The Morgan fingerprint density at radius 3 is 2.61 bits per heavy atom. The average Bonchev–Trinajstić information content (AvgIpc) is 3.21. The summed E-state index contributed by atoms with van der Waals surface area (Å²) in [5, 5.41) is 10.1. The topological polar surface area (TPSA) is 85.7 Å². The fourth-order valence-corrected chi connectivity index (χ4v) is 4.28. The van der Waals surface area contributed by atoms with Crippen molar-refractivity contribution in [1.29, 1.82) is 0 Å². The number of hydrogen-bond donors (Lipinski definition) is 1. The van der Waals surface area contributed by atoms with Gasteiger partial charge in [0.25, 0.3) is 5.56 Å². The molecule has 31 heavy (non-hydrogen) atoms. The second-order valence-electron chi connectivity index (χ2n) is 7.16. The Balaban J connectivity index is 1.49. The molecule has 0 bridgehead atoms. The lowest BCUT2D eigenvalue weighted by molar-refractivity contribution is 0.210. The third-order valence-electron chi connectivity index (χ3n) is 5.07. The Labute approximate surface area is 184 Å². The zero-order valence-electron chi connectivity index (χ0n) is 17.8. The van der Waals surface area contributed by atoms with Crippen molar-refractivity contribution in [2.75, 3.05) is 0 Å². The minimum absolute atomic E-state index is 0.130. The molecule has 4 rings (SSSR count). The molecule has 0 spiro atoms. The normalized spacial score (nSPS) is 12.2. The van der Waals surface area contributed by atoms with Crippen molar-refractivity contribution in [2.24, 2.45) is 0 Å². The number of para-hydroxylation sites is 1. The predicted molar refractivity (Wildman–Crippen MR) is 122 cm³/mol. The molecule has 7 nitrogen and oxygen atoms in total. The molecule has 0 amide bonds. The van der Waals surface area contributed by atoms with Crippen molar-refractivity contribution in [1.82, 2.24) is 24.7 Å². The molecule has 2 heterocycles. The molecule has 8 heteroatoms. The van der Waals surface area contributed by atoms with Crippen molar-refractivity contribution >= 4 is 22.7 Å². The number of aromatic amines is 1. The van der Waals surface area contributed by atoms with E-state index in [9.17, 15) is 4.79 Å². The van der Waals surface area contributed by atoms with E-state index in [1.165, 1.54) is 17.3 Å². The zero-order chi connectivity index (χ0) is 21.8. The van der Waals surface area contributed by atoms with Gasteiger partial charge in [0.1, 0.15) is 11.6 Å². The smallest absolute Gasteiger partial charge is 0.258 e. The Hall–Kier alpha value is -3.13. The summed E-state index contributed by atoms with van der Waals surface area (Å²) >= 11 is 1.49. The molecular weight excluding hydrogens is 410 g/mol. The van der Waals surface area contributed by atoms with Crippen LogP contribution in [-0.4, -0.2) is 24.7 Å². The van der Waals surface area contributed by atoms with E-state index in [1.54, 1.807) is 6.07 Å². The minimum atomic E-state index is -0.243. The molecule has 0 aliphatic rings. The van der Waals surface area contributed by atoms with Crippen LogP contribution < -0.4 is 10.3 Å². The van der Waals surface area contributed by atoms with Crippen molar-refractivity contribution in [3.05, 3.63) is 76.1 Å². The monoisotopic (exact) mass is 435 g/mol. The number of hydrogen-bond acceptors (Lipinski definition) is 6. The summed E-state index contributed by atoms with van der Waals surface area (Å²) in [4.78, 5) is 19.7. The van der Waals surface area contributed by atoms with Crippen molar-refractivity contribution in [3.63, 3.8) is 0 Å². The standard InChI is InChI=1S/C23H25N5O2S/c1-4-16-10-12-17(13-11-16)30-15(3)21-26-27-23(28(21)5-2)31-14-20-24-19-9-7-6-8-18(19)22(29)25-20/h6-13,15H,4-5,14H2,1-3H3,(H,24,25,29). The molecule has 0 radical (unpaired) electrons. The van der Waals surface area contributed by atoms with E-state index in [0.717, 1.165) is 29.7 Å². The number of aryl methyl sites for hydroxylation is 1. The van der Waals surface area contributed by atoms with Gasteiger partial charge in [-0.05, 0) is 50.1 Å². The first-order valence-electron chi connectivity index (χ1n) is 10.4. The summed E-state index contributed by atoms with van der Waals surface area (Å²) in [6, 6.07) is 15.4. The highest BCUT2D eigenvalue weighted by atomic mass is 32.2. The summed E-state index contributed by atoms with van der Waals surface area (Å²) in [6.45, 7) is 6.87. The molecule has 0 aliphatic heterocycles. The van der Waals surface area contributed by atoms with E-state index in [4.69, 9.17) is 4.74 Å². The SMILES string of the molecule is CCc1ccc(OC(C)c2nnc(SCc3nc4ccccc4c(=O)[nH]3)n2CC)cc1. The first-order valence-corrected chi connectivity index (χ1v) is 11.4. The number of nitrogens with one attached hydrogen (secondary N) is 1. The lowest BCUT2D eigenvalue weighted by atomic mass is 10.2. The van der Waals surface area contributed by atoms with Gasteiger partial charge in [0.05, 0.1) is 16.7 Å². The third kappa shape index (κ3) is 4.64. The third-order valence-corrected chi connectivity index (χ3v) is 6.05. The number of benzene rings is 2. The number of aromatic nitrogens is 5. The molecule has 0 aliphatic carbocycles. The molecule has 2 aromatic heterocycles. The Morgan fingerprint density at radius 2 is 1.87 bits per heavy atom. The van der Waals surface area contributed by atoms with E-state index in [-0.39, 0.29) is 11.7 Å². The van der Waals surface area contributed by atoms with Gasteiger partial charge in [-0.3, -0.25) is 4.79 Å². The maximum atomic E-state index is 12.3. The fourth-order valence-electron chi connectivity index (χ4n) is 3.40. The minimum Gasteiger partial charge on any atom is -0.483 e. The lowest BCUT2D eigenvalue weighted by Crippen LogP contribution is -2.12. The van der Waals surface area contributed by atoms with Gasteiger partial charge in [0.15, 0.2) is 17.1 Å². The molecule has 160 valence electrons. The van der Waals surface area contributed by atoms with E-state index in [1.807, 2.05) is 41.8 Å². The number of rotatable bonds is 8. The van der Waals surface area contributed by atoms with Crippen LogP contribution >= 0.6 is 11.8 Å². The lowest BCUT2D eigenvalue weighted by Gasteiger charge is -2.16. The molecule has 0 saturated heterocycles. The average molecular weight is 436 g/mol. The first kappa shape index (κ1) is 21.1. The van der Waals surface area contributed by atoms with Crippen molar-refractivity contribution < 1.29 is 4.74 Å². The zero-order valence-corrected chi connectivity index (χ0v) is 18.6. The van der Waals surface area contributed by atoms with Crippen LogP contribution in [0.1, 0.15) is 44.1 Å². The first-order chi connectivity index (χ1) is 15.1. The Kier molecular flexibility index (Phi) is 6.36. The number of nitrogens with zero attached hydrogens (tertiary/aromatic N) is 4. The summed E-state index contributed by atoms with van der Waals surface area (Å²) < 4.78 is 8.13. The second-order valence-corrected chi connectivity index (χ2v) is 8.10. The second kappa shape index (κ2) is 9.34. The summed E-state index contributed by atoms with van der Waals surface area (Å²) in [5.41, 5.74) is 1.83. The Bertz CT molecular complexity index is 1230. The maximum Gasteiger partial charge on any atom is 0.258 e. The maximum absolute atomic E-state index is 12.3. The number of ether oxygens (including phenoxy) is 1. The molecule has 1 unspecified atom stereocenters. The molecule has 4 aromatic rings. The van der Waals surface area contributed by atoms with Crippen LogP contribution in [0.5, 0.6) is 5.75 Å². The van der Waals surface area contributed by atoms with Gasteiger partial charge in [-0.15, -0.1) is 10.2 Å². The van der Waals surface area contributed by atoms with Crippen LogP contribution in [-0.2, 0) is 18.7 Å². The van der Waals surface area contributed by atoms with Crippen LogP contribution in [0.25, 0.3) is 10.9 Å². The molecule has 1 atom stereocenters. The van der Waals surface area contributed by atoms with Gasteiger partial charge in [-0.25, -0.2) is 4.98 Å². The number of thioether (sulfide) groups is 1. The largest absolute Gasteiger partial charge is 0.483 e. The van der Waals surface area contributed by atoms with Crippen molar-refractivity contribution in [3.8, 4) is 5.75 Å². The van der Waals surface area contributed by atoms with Gasteiger partial charge in [-0.1, -0.05) is 43.0 Å². The van der Waals surface area contributed by atoms with Crippen molar-refractivity contribution in [2.45, 2.75) is 50.8 Å². The van der Waals surface area contributed by atoms with Crippen LogP contribution in [0.2, 0.25) is 0 Å². The van der Waals surface area contributed by atoms with Gasteiger partial charge >= 0.3 is 0 Å². The highest BCUT2D eigenvalue weighted by Gasteiger charge is 2.19. The predicted octanol–water partition coefficient (Wildman–Crippen LogP) is 4.53. The van der Waals surface area contributed by atoms with Gasteiger partial charge in [0, 0.05) is 6.54 Å². The summed E-state index contributed by atoms with van der Waals surface area (Å²) in [7, 11) is 0. The molecule has 1 N–H and O–H groups in total. The van der Waals surface area contributed by atoms with Gasteiger partial charge < -0.3 is 14.3 Å². The summed E-state index contributed by atoms with van der Waals surface area (Å²) in [6.07, 6.45) is 0.755. The van der Waals surface area contributed by atoms with E-state index < -0.39 is 0 Å². The quantitative estimate of drug-likeness (QED) is 0.409. The fraction of sp³-hybridized carbons (Fsp3) is 0.304. The highest BCUT2D eigenvalue weighted by molar-refractivity contribution is 7.98. The summed E-state index contributed by atoms with van der Waals surface area (Å²) in [5.74, 6) is 2.68. The van der Waals surface area contributed by atoms with Crippen LogP contribution in [0, 0.1) is 0 Å². The van der Waals surface area contributed by atoms with E-state index in [0.29, 0.717) is 22.5 Å². The molecular formula is C23H25N5O2S. The van der Waals surface area contributed by atoms with Gasteiger partial charge in [0.2, 0.25) is 0 Å². The van der Waals surface area contributed by atoms with Crippen LogP contribution in [0.15, 0.2) is 58.5 Å². The Morgan fingerprint density at radius 1 is 1.10 bits per heavy atom.